The Morgan fingerprint density at radius 3 is 2.67 bits per heavy atom. The van der Waals surface area contributed by atoms with E-state index in [1.165, 1.54) is 36.4 Å². The molecule has 0 aromatic heterocycles. The van der Waals surface area contributed by atoms with Crippen molar-refractivity contribution < 1.29 is 14.8 Å². The van der Waals surface area contributed by atoms with E-state index in [2.05, 4.69) is 21.2 Å². The molecule has 2 rings (SSSR count). The molecule has 2 aromatic rings. The minimum Gasteiger partial charge on any atom is -0.505 e. The summed E-state index contributed by atoms with van der Waals surface area (Å²) < 4.78 is 0.436. The van der Waals surface area contributed by atoms with Crippen molar-refractivity contribution in [1.82, 2.24) is 0 Å². The number of hydrogen-bond donors (Lipinski definition) is 2. The molecule has 21 heavy (non-hydrogen) atoms. The third-order valence-corrected chi connectivity index (χ3v) is 3.52. The maximum absolute atomic E-state index is 12.2. The number of amides is 1. The smallest absolute Gasteiger partial charge is 0.296 e. The normalized spacial score (nSPS) is 10.2. The van der Waals surface area contributed by atoms with E-state index in [0.717, 1.165) is 0 Å². The molecule has 0 fully saturated rings. The quantitative estimate of drug-likeness (QED) is 0.485. The maximum atomic E-state index is 12.2. The van der Waals surface area contributed by atoms with Crippen LogP contribution in [0.4, 0.5) is 11.4 Å². The third kappa shape index (κ3) is 3.32. The highest BCUT2D eigenvalue weighted by atomic mass is 79.9. The van der Waals surface area contributed by atoms with Crippen molar-refractivity contribution in [3.63, 3.8) is 0 Å². The van der Waals surface area contributed by atoms with E-state index in [0.29, 0.717) is 9.50 Å². The summed E-state index contributed by atoms with van der Waals surface area (Å²) in [7, 11) is 0. The van der Waals surface area contributed by atoms with Gasteiger partial charge in [0.1, 0.15) is 5.75 Å². The van der Waals surface area contributed by atoms with Crippen LogP contribution in [0, 0.1) is 10.1 Å². The summed E-state index contributed by atoms with van der Waals surface area (Å²) >= 11 is 8.97. The van der Waals surface area contributed by atoms with Crippen molar-refractivity contribution in [2.75, 3.05) is 5.32 Å². The molecule has 0 saturated heterocycles. The van der Waals surface area contributed by atoms with E-state index in [-0.39, 0.29) is 17.0 Å². The van der Waals surface area contributed by atoms with Gasteiger partial charge in [-0.25, -0.2) is 0 Å². The van der Waals surface area contributed by atoms with Crippen molar-refractivity contribution in [1.29, 1.82) is 0 Å². The van der Waals surface area contributed by atoms with Crippen LogP contribution in [-0.4, -0.2) is 15.9 Å². The number of phenols is 1. The zero-order valence-corrected chi connectivity index (χ0v) is 12.7. The Hall–Kier alpha value is -2.12. The standard InChI is InChI=1S/C13H8BrClN2O4/c14-9-6-7(15)4-5-8(9)13(19)16-12-10(17(20)21)2-1-3-11(12)18/h1-6,18H,(H,16,19). The van der Waals surface area contributed by atoms with Gasteiger partial charge in [-0.05, 0) is 40.2 Å². The molecule has 2 N–H and O–H groups in total. The van der Waals surface area contributed by atoms with Gasteiger partial charge in [0.05, 0.1) is 10.5 Å². The monoisotopic (exact) mass is 370 g/mol. The SMILES string of the molecule is O=C(Nc1c(O)cccc1[N+](=O)[O-])c1ccc(Cl)cc1Br. The molecule has 108 valence electrons. The van der Waals surface area contributed by atoms with Crippen molar-refractivity contribution in [3.05, 3.63) is 61.6 Å². The van der Waals surface area contributed by atoms with Crippen LogP contribution in [-0.2, 0) is 0 Å². The highest BCUT2D eigenvalue weighted by Gasteiger charge is 2.21. The fourth-order valence-corrected chi connectivity index (χ4v) is 2.53. The van der Waals surface area contributed by atoms with Crippen LogP contribution in [0.1, 0.15) is 10.4 Å². The van der Waals surface area contributed by atoms with E-state index in [1.54, 1.807) is 0 Å². The van der Waals surface area contributed by atoms with Crippen molar-refractivity contribution >= 4 is 44.8 Å². The highest BCUT2D eigenvalue weighted by Crippen LogP contribution is 2.34. The second-order valence-electron chi connectivity index (χ2n) is 4.01. The zero-order valence-electron chi connectivity index (χ0n) is 10.3. The lowest BCUT2D eigenvalue weighted by atomic mass is 10.2. The molecule has 6 nitrogen and oxygen atoms in total. The topological polar surface area (TPSA) is 92.5 Å². The molecule has 0 radical (unpaired) electrons. The van der Waals surface area contributed by atoms with Crippen molar-refractivity contribution in [2.45, 2.75) is 0 Å². The van der Waals surface area contributed by atoms with Gasteiger partial charge in [-0.1, -0.05) is 17.7 Å². The number of carbonyl (C=O) groups excluding carboxylic acids is 1. The number of nitrogens with one attached hydrogen (secondary N) is 1. The van der Waals surface area contributed by atoms with Gasteiger partial charge < -0.3 is 10.4 Å². The Morgan fingerprint density at radius 2 is 2.05 bits per heavy atom. The van der Waals surface area contributed by atoms with Crippen LogP contribution in [0.25, 0.3) is 0 Å². The summed E-state index contributed by atoms with van der Waals surface area (Å²) in [6, 6.07) is 8.26. The average Bonchev–Trinajstić information content (AvgIpc) is 2.40. The van der Waals surface area contributed by atoms with Gasteiger partial charge in [-0.3, -0.25) is 14.9 Å². The lowest BCUT2D eigenvalue weighted by Gasteiger charge is -2.09. The van der Waals surface area contributed by atoms with Crippen LogP contribution in [0.3, 0.4) is 0 Å². The number of benzene rings is 2. The number of aromatic hydroxyl groups is 1. The maximum Gasteiger partial charge on any atom is 0.296 e. The molecular formula is C13H8BrClN2O4. The lowest BCUT2D eigenvalue weighted by molar-refractivity contribution is -0.384. The summed E-state index contributed by atoms with van der Waals surface area (Å²) in [6.07, 6.45) is 0. The van der Waals surface area contributed by atoms with Gasteiger partial charge >= 0.3 is 0 Å². The zero-order chi connectivity index (χ0) is 15.6. The number of anilines is 1. The number of rotatable bonds is 3. The molecule has 0 bridgehead atoms. The van der Waals surface area contributed by atoms with E-state index in [9.17, 15) is 20.0 Å². The molecule has 0 aliphatic rings. The van der Waals surface area contributed by atoms with E-state index in [4.69, 9.17) is 11.6 Å². The van der Waals surface area contributed by atoms with E-state index < -0.39 is 16.5 Å². The van der Waals surface area contributed by atoms with Gasteiger partial charge in [-0.2, -0.15) is 0 Å². The number of nitro groups is 1. The Labute approximate surface area is 132 Å². The molecule has 0 spiro atoms. The summed E-state index contributed by atoms with van der Waals surface area (Å²) in [4.78, 5) is 22.4. The first-order chi connectivity index (χ1) is 9.90. The summed E-state index contributed by atoms with van der Waals surface area (Å²) in [5.41, 5.74) is -0.417. The number of phenolic OH excluding ortho intramolecular Hbond substituents is 1. The lowest BCUT2D eigenvalue weighted by Crippen LogP contribution is -2.14. The molecule has 8 heteroatoms. The Kier molecular flexibility index (Phi) is 4.44. The number of carbonyl (C=O) groups is 1. The molecule has 0 unspecified atom stereocenters. The second kappa shape index (κ2) is 6.11. The average molecular weight is 372 g/mol. The number of para-hydroxylation sites is 1. The molecule has 0 aliphatic carbocycles. The van der Waals surface area contributed by atoms with Gasteiger partial charge in [0.25, 0.3) is 11.6 Å². The van der Waals surface area contributed by atoms with Crippen LogP contribution >= 0.6 is 27.5 Å². The molecular weight excluding hydrogens is 364 g/mol. The molecule has 0 atom stereocenters. The predicted molar refractivity (Wildman–Crippen MR) is 81.9 cm³/mol. The predicted octanol–water partition coefficient (Wildman–Crippen LogP) is 3.97. The Balaban J connectivity index is 2.38. The van der Waals surface area contributed by atoms with Gasteiger partial charge in [0.2, 0.25) is 0 Å². The summed E-state index contributed by atoms with van der Waals surface area (Å²) in [5.74, 6) is -0.995. The fraction of sp³-hybridized carbons (Fsp3) is 0. The molecule has 1 amide bonds. The highest BCUT2D eigenvalue weighted by molar-refractivity contribution is 9.10. The number of nitro benzene ring substituents is 1. The van der Waals surface area contributed by atoms with Gasteiger partial charge in [0.15, 0.2) is 5.69 Å². The first-order valence-electron chi connectivity index (χ1n) is 5.63. The second-order valence-corrected chi connectivity index (χ2v) is 5.30. The number of halogens is 2. The van der Waals surface area contributed by atoms with Crippen LogP contribution in [0.2, 0.25) is 5.02 Å². The Bertz CT molecular complexity index is 736. The van der Waals surface area contributed by atoms with Crippen molar-refractivity contribution in [2.24, 2.45) is 0 Å². The molecule has 2 aromatic carbocycles. The van der Waals surface area contributed by atoms with Gasteiger partial charge in [0, 0.05) is 15.6 Å². The fourth-order valence-electron chi connectivity index (χ4n) is 1.66. The number of hydrogen-bond acceptors (Lipinski definition) is 4. The third-order valence-electron chi connectivity index (χ3n) is 2.63. The first-order valence-corrected chi connectivity index (χ1v) is 6.80. The number of nitrogens with zero attached hydrogens (tertiary/aromatic N) is 1. The van der Waals surface area contributed by atoms with Crippen LogP contribution in [0.15, 0.2) is 40.9 Å². The minimum atomic E-state index is -0.688. The molecule has 0 saturated carbocycles. The first kappa shape index (κ1) is 15.3. The molecule has 0 aliphatic heterocycles. The van der Waals surface area contributed by atoms with E-state index in [1.807, 2.05) is 0 Å². The van der Waals surface area contributed by atoms with Crippen LogP contribution < -0.4 is 5.32 Å². The van der Waals surface area contributed by atoms with Gasteiger partial charge in [-0.15, -0.1) is 0 Å². The van der Waals surface area contributed by atoms with E-state index >= 15 is 0 Å². The minimum absolute atomic E-state index is 0.233. The largest absolute Gasteiger partial charge is 0.505 e. The summed E-state index contributed by atoms with van der Waals surface area (Å²) in [5, 5.41) is 23.4. The Morgan fingerprint density at radius 1 is 1.33 bits per heavy atom. The van der Waals surface area contributed by atoms with Crippen molar-refractivity contribution in [3.8, 4) is 5.75 Å². The molecule has 0 heterocycles. The summed E-state index contributed by atoms with van der Waals surface area (Å²) in [6.45, 7) is 0. The van der Waals surface area contributed by atoms with Crippen LogP contribution in [0.5, 0.6) is 5.75 Å².